The first-order valence-electron chi connectivity index (χ1n) is 9.09. The van der Waals surface area contributed by atoms with Gasteiger partial charge in [-0.3, -0.25) is 14.9 Å². The van der Waals surface area contributed by atoms with E-state index in [1.54, 1.807) is 24.3 Å². The van der Waals surface area contributed by atoms with Gasteiger partial charge in [-0.1, -0.05) is 24.3 Å². The molecule has 1 fully saturated rings. The summed E-state index contributed by atoms with van der Waals surface area (Å²) in [5.41, 5.74) is 0.311. The van der Waals surface area contributed by atoms with Crippen LogP contribution in [-0.4, -0.2) is 36.3 Å². The van der Waals surface area contributed by atoms with Gasteiger partial charge in [0.15, 0.2) is 11.9 Å². The van der Waals surface area contributed by atoms with Gasteiger partial charge in [-0.05, 0) is 38.0 Å². The fourth-order valence-electron chi connectivity index (χ4n) is 2.84. The van der Waals surface area contributed by atoms with Crippen molar-refractivity contribution < 1.29 is 23.9 Å². The van der Waals surface area contributed by atoms with E-state index in [9.17, 15) is 14.9 Å². The molecule has 0 bridgehead atoms. The van der Waals surface area contributed by atoms with E-state index in [4.69, 9.17) is 14.2 Å². The number of amides is 1. The maximum absolute atomic E-state index is 12.5. The third kappa shape index (κ3) is 4.98. The molecule has 8 nitrogen and oxygen atoms in total. The number of nitro benzene ring substituents is 1. The van der Waals surface area contributed by atoms with Crippen molar-refractivity contribution >= 4 is 17.3 Å². The first-order chi connectivity index (χ1) is 13.5. The highest BCUT2D eigenvalue weighted by atomic mass is 16.6. The summed E-state index contributed by atoms with van der Waals surface area (Å²) in [6, 6.07) is 13.0. The lowest BCUT2D eigenvalue weighted by molar-refractivity contribution is -0.386. The molecule has 1 amide bonds. The first kappa shape index (κ1) is 19.6. The fraction of sp³-hybridized carbons (Fsp3) is 0.350. The lowest BCUT2D eigenvalue weighted by Crippen LogP contribution is -2.30. The molecule has 0 spiro atoms. The summed E-state index contributed by atoms with van der Waals surface area (Å²) in [6.45, 7) is 2.68. The minimum atomic E-state index is -0.938. The van der Waals surface area contributed by atoms with E-state index in [0.29, 0.717) is 18.0 Å². The second kappa shape index (κ2) is 9.18. The van der Waals surface area contributed by atoms with E-state index >= 15 is 0 Å². The Balaban J connectivity index is 1.63. The number of carbonyl (C=O) groups excluding carboxylic acids is 1. The molecular formula is C20H22N2O6. The summed E-state index contributed by atoms with van der Waals surface area (Å²) in [4.78, 5) is 23.1. The van der Waals surface area contributed by atoms with Gasteiger partial charge in [0.25, 0.3) is 5.91 Å². The molecule has 0 radical (unpaired) electrons. The number of nitrogens with zero attached hydrogens (tertiary/aromatic N) is 1. The molecule has 1 saturated heterocycles. The van der Waals surface area contributed by atoms with E-state index in [0.717, 1.165) is 19.4 Å². The maximum Gasteiger partial charge on any atom is 0.310 e. The van der Waals surface area contributed by atoms with Crippen molar-refractivity contribution in [3.63, 3.8) is 0 Å². The van der Waals surface area contributed by atoms with Crippen molar-refractivity contribution in [2.45, 2.75) is 32.0 Å². The molecule has 0 aromatic heterocycles. The second-order valence-corrected chi connectivity index (χ2v) is 6.42. The Labute approximate surface area is 162 Å². The van der Waals surface area contributed by atoms with E-state index in [2.05, 4.69) is 5.32 Å². The Morgan fingerprint density at radius 3 is 2.68 bits per heavy atom. The summed E-state index contributed by atoms with van der Waals surface area (Å²) in [5, 5.41) is 13.8. The van der Waals surface area contributed by atoms with E-state index in [1.165, 1.54) is 25.1 Å². The third-order valence-electron chi connectivity index (χ3n) is 4.33. The van der Waals surface area contributed by atoms with Crippen molar-refractivity contribution in [1.82, 2.24) is 0 Å². The van der Waals surface area contributed by atoms with Crippen LogP contribution in [0.1, 0.15) is 19.8 Å². The van der Waals surface area contributed by atoms with Gasteiger partial charge in [0.2, 0.25) is 0 Å². The fourth-order valence-corrected chi connectivity index (χ4v) is 2.84. The summed E-state index contributed by atoms with van der Waals surface area (Å²) in [6.07, 6.45) is 1.10. The quantitative estimate of drug-likeness (QED) is 0.550. The van der Waals surface area contributed by atoms with Crippen LogP contribution in [0.25, 0.3) is 0 Å². The second-order valence-electron chi connectivity index (χ2n) is 6.42. The van der Waals surface area contributed by atoms with Crippen LogP contribution in [0.3, 0.4) is 0 Å². The average Bonchev–Trinajstić information content (AvgIpc) is 3.21. The largest absolute Gasteiger partial charge is 0.489 e. The number of nitro groups is 1. The van der Waals surface area contributed by atoms with Gasteiger partial charge >= 0.3 is 5.69 Å². The van der Waals surface area contributed by atoms with Crippen LogP contribution in [-0.2, 0) is 9.53 Å². The van der Waals surface area contributed by atoms with Gasteiger partial charge in [-0.2, -0.15) is 0 Å². The minimum Gasteiger partial charge on any atom is -0.489 e. The molecule has 0 aliphatic carbocycles. The lowest BCUT2D eigenvalue weighted by atomic mass is 10.2. The highest BCUT2D eigenvalue weighted by molar-refractivity contribution is 5.95. The molecule has 2 aromatic rings. The van der Waals surface area contributed by atoms with Crippen LogP contribution >= 0.6 is 0 Å². The van der Waals surface area contributed by atoms with Crippen molar-refractivity contribution in [3.05, 3.63) is 58.6 Å². The smallest absolute Gasteiger partial charge is 0.310 e. The number of nitrogens with one attached hydrogen (secondary N) is 1. The maximum atomic E-state index is 12.5. The molecule has 2 aromatic carbocycles. The highest BCUT2D eigenvalue weighted by Gasteiger charge is 2.22. The molecule has 148 valence electrons. The molecule has 1 heterocycles. The van der Waals surface area contributed by atoms with Crippen LogP contribution in [0.15, 0.2) is 48.5 Å². The number of para-hydroxylation sites is 4. The zero-order valence-corrected chi connectivity index (χ0v) is 15.5. The average molecular weight is 386 g/mol. The first-order valence-corrected chi connectivity index (χ1v) is 9.09. The van der Waals surface area contributed by atoms with Gasteiger partial charge in [-0.15, -0.1) is 0 Å². The number of anilines is 1. The van der Waals surface area contributed by atoms with Crippen LogP contribution in [0.2, 0.25) is 0 Å². The molecule has 0 saturated carbocycles. The highest BCUT2D eigenvalue weighted by Crippen LogP contribution is 2.28. The topological polar surface area (TPSA) is 99.9 Å². The zero-order chi connectivity index (χ0) is 19.9. The van der Waals surface area contributed by atoms with E-state index in [-0.39, 0.29) is 17.5 Å². The molecule has 3 rings (SSSR count). The summed E-state index contributed by atoms with van der Waals surface area (Å²) in [5.74, 6) is 0.133. The van der Waals surface area contributed by atoms with Gasteiger partial charge in [0.1, 0.15) is 12.4 Å². The lowest BCUT2D eigenvalue weighted by Gasteiger charge is -2.17. The normalized spacial score (nSPS) is 17.0. The van der Waals surface area contributed by atoms with Crippen LogP contribution in [0.5, 0.6) is 11.5 Å². The predicted molar refractivity (Wildman–Crippen MR) is 103 cm³/mol. The molecule has 28 heavy (non-hydrogen) atoms. The van der Waals surface area contributed by atoms with Gasteiger partial charge in [-0.25, -0.2) is 0 Å². The molecule has 2 unspecified atom stereocenters. The van der Waals surface area contributed by atoms with Crippen LogP contribution in [0, 0.1) is 10.1 Å². The van der Waals surface area contributed by atoms with Crippen LogP contribution < -0.4 is 14.8 Å². The summed E-state index contributed by atoms with van der Waals surface area (Å²) < 4.78 is 16.9. The Hall–Kier alpha value is -3.13. The van der Waals surface area contributed by atoms with Crippen molar-refractivity contribution in [2.75, 3.05) is 18.5 Å². The molecule has 1 aliphatic heterocycles. The third-order valence-corrected chi connectivity index (χ3v) is 4.33. The molecule has 1 aliphatic rings. The zero-order valence-electron chi connectivity index (χ0n) is 15.5. The van der Waals surface area contributed by atoms with Crippen molar-refractivity contribution in [1.29, 1.82) is 0 Å². The van der Waals surface area contributed by atoms with Gasteiger partial charge < -0.3 is 19.5 Å². The summed E-state index contributed by atoms with van der Waals surface area (Å²) >= 11 is 0. The molecule has 1 N–H and O–H groups in total. The standard InChI is InChI=1S/C20H22N2O6/c1-14(28-19-11-5-3-9-17(19)22(24)25)20(23)21-16-8-2-4-10-18(16)27-13-15-7-6-12-26-15/h2-5,8-11,14-15H,6-7,12-13H2,1H3,(H,21,23). The number of benzene rings is 2. The number of carbonyl (C=O) groups is 1. The van der Waals surface area contributed by atoms with Crippen LogP contribution in [0.4, 0.5) is 11.4 Å². The Bertz CT molecular complexity index is 835. The number of hydrogen-bond acceptors (Lipinski definition) is 6. The Kier molecular flexibility index (Phi) is 6.44. The van der Waals surface area contributed by atoms with E-state index < -0.39 is 16.9 Å². The molecule has 2 atom stereocenters. The van der Waals surface area contributed by atoms with Gasteiger partial charge in [0, 0.05) is 12.7 Å². The van der Waals surface area contributed by atoms with Gasteiger partial charge in [0.05, 0.1) is 16.7 Å². The summed E-state index contributed by atoms with van der Waals surface area (Å²) in [7, 11) is 0. The number of hydrogen-bond donors (Lipinski definition) is 1. The molecular weight excluding hydrogens is 364 g/mol. The van der Waals surface area contributed by atoms with Crippen molar-refractivity contribution in [2.24, 2.45) is 0 Å². The SMILES string of the molecule is CC(Oc1ccccc1[N+](=O)[O-])C(=O)Nc1ccccc1OCC1CCCO1. The predicted octanol–water partition coefficient (Wildman–Crippen LogP) is 3.56. The Morgan fingerprint density at radius 2 is 1.96 bits per heavy atom. The Morgan fingerprint density at radius 1 is 1.25 bits per heavy atom. The van der Waals surface area contributed by atoms with Crippen molar-refractivity contribution in [3.8, 4) is 11.5 Å². The number of ether oxygens (including phenoxy) is 3. The monoisotopic (exact) mass is 386 g/mol. The van der Waals surface area contributed by atoms with E-state index in [1.807, 2.05) is 6.07 Å². The molecule has 8 heteroatoms. The minimum absolute atomic E-state index is 0.0399. The number of rotatable bonds is 8.